The molecule has 2 aromatic carbocycles. The number of carbonyl (C=O) groups excluding carboxylic acids is 1. The van der Waals surface area contributed by atoms with Crippen LogP contribution in [0.1, 0.15) is 52.2 Å². The molecule has 0 radical (unpaired) electrons. The zero-order valence-corrected chi connectivity index (χ0v) is 19.2. The Morgan fingerprint density at radius 2 is 1.45 bits per heavy atom. The number of ether oxygens (including phenoxy) is 2. The predicted octanol–water partition coefficient (Wildman–Crippen LogP) is 5.08. The number of rotatable bonds is 7. The van der Waals surface area contributed by atoms with E-state index in [4.69, 9.17) is 18.8 Å². The van der Waals surface area contributed by atoms with Crippen molar-refractivity contribution < 1.29 is 23.6 Å². The molecule has 0 amide bonds. The summed E-state index contributed by atoms with van der Waals surface area (Å²) < 4.78 is 23.4. The van der Waals surface area contributed by atoms with Gasteiger partial charge in [-0.3, -0.25) is 4.79 Å². The van der Waals surface area contributed by atoms with E-state index in [1.807, 2.05) is 70.2 Å². The van der Waals surface area contributed by atoms with E-state index in [1.54, 1.807) is 7.11 Å². The molecule has 5 nitrogen and oxygen atoms in total. The van der Waals surface area contributed by atoms with Crippen molar-refractivity contribution in [3.05, 3.63) is 71.2 Å². The summed E-state index contributed by atoms with van der Waals surface area (Å²) in [7, 11) is 1.09. The second kappa shape index (κ2) is 9.29. The first-order chi connectivity index (χ1) is 14.6. The van der Waals surface area contributed by atoms with Crippen molar-refractivity contribution in [2.45, 2.75) is 52.2 Å². The maximum absolute atomic E-state index is 11.4. The molecule has 164 valence electrons. The minimum Gasteiger partial charge on any atom is -0.497 e. The summed E-state index contributed by atoms with van der Waals surface area (Å²) in [5, 5.41) is 0. The minimum absolute atomic E-state index is 0.251. The van der Waals surface area contributed by atoms with Gasteiger partial charge in [-0.05, 0) is 62.0 Å². The molecule has 0 bridgehead atoms. The predicted molar refractivity (Wildman–Crippen MR) is 123 cm³/mol. The van der Waals surface area contributed by atoms with Gasteiger partial charge in [0.05, 0.1) is 24.9 Å². The molecule has 2 aromatic rings. The van der Waals surface area contributed by atoms with E-state index in [9.17, 15) is 4.79 Å². The zero-order chi connectivity index (χ0) is 22.6. The van der Waals surface area contributed by atoms with Crippen molar-refractivity contribution in [3.8, 4) is 5.75 Å². The van der Waals surface area contributed by atoms with Gasteiger partial charge < -0.3 is 18.8 Å². The third kappa shape index (κ3) is 5.20. The maximum atomic E-state index is 11.4. The molecule has 0 aromatic heterocycles. The summed E-state index contributed by atoms with van der Waals surface area (Å²) in [5.74, 6) is 0.479. The second-order valence-electron chi connectivity index (χ2n) is 8.67. The Labute approximate surface area is 185 Å². The fraction of sp³-hybridized carbons (Fsp3) is 0.400. The fourth-order valence-corrected chi connectivity index (χ4v) is 3.55. The molecule has 0 aliphatic carbocycles. The van der Waals surface area contributed by atoms with Crippen LogP contribution in [0.15, 0.2) is 60.1 Å². The molecular formula is C25H31BO5. The van der Waals surface area contributed by atoms with E-state index in [0.29, 0.717) is 6.42 Å². The van der Waals surface area contributed by atoms with Gasteiger partial charge in [0.2, 0.25) is 0 Å². The van der Waals surface area contributed by atoms with Crippen LogP contribution >= 0.6 is 0 Å². The van der Waals surface area contributed by atoms with Gasteiger partial charge in [0.15, 0.2) is 0 Å². The van der Waals surface area contributed by atoms with Crippen LogP contribution in [-0.4, -0.2) is 38.0 Å². The van der Waals surface area contributed by atoms with Gasteiger partial charge in [0, 0.05) is 13.3 Å². The summed E-state index contributed by atoms with van der Waals surface area (Å²) in [6.07, 6.45) is 0.493. The van der Waals surface area contributed by atoms with Crippen LogP contribution in [0.25, 0.3) is 5.57 Å². The molecule has 1 heterocycles. The molecule has 0 N–H and O–H groups in total. The third-order valence-electron chi connectivity index (χ3n) is 5.98. The summed E-state index contributed by atoms with van der Waals surface area (Å²) in [4.78, 5) is 11.4. The summed E-state index contributed by atoms with van der Waals surface area (Å²) in [5.41, 5.74) is 3.04. The highest BCUT2D eigenvalue weighted by Gasteiger charge is 2.52. The molecule has 31 heavy (non-hydrogen) atoms. The molecule has 0 unspecified atom stereocenters. The van der Waals surface area contributed by atoms with Gasteiger partial charge in [-0.2, -0.15) is 0 Å². The Morgan fingerprint density at radius 3 is 1.97 bits per heavy atom. The first kappa shape index (κ1) is 23.1. The van der Waals surface area contributed by atoms with Gasteiger partial charge in [-0.25, -0.2) is 0 Å². The molecule has 0 spiro atoms. The highest BCUT2D eigenvalue weighted by Crippen LogP contribution is 2.42. The number of hydrogen-bond donors (Lipinski definition) is 0. The van der Waals surface area contributed by atoms with Crippen LogP contribution < -0.4 is 4.74 Å². The molecule has 6 heteroatoms. The zero-order valence-electron chi connectivity index (χ0n) is 19.2. The lowest BCUT2D eigenvalue weighted by Crippen LogP contribution is -2.41. The smallest absolute Gasteiger partial charge is 0.491 e. The molecular weight excluding hydrogens is 391 g/mol. The van der Waals surface area contributed by atoms with E-state index >= 15 is 0 Å². The number of hydrogen-bond acceptors (Lipinski definition) is 5. The Morgan fingerprint density at radius 1 is 0.903 bits per heavy atom. The first-order valence-electron chi connectivity index (χ1n) is 10.6. The Bertz CT molecular complexity index is 916. The van der Waals surface area contributed by atoms with Gasteiger partial charge in [0.1, 0.15) is 5.75 Å². The van der Waals surface area contributed by atoms with Crippen LogP contribution in [-0.2, 0) is 18.8 Å². The molecule has 1 aliphatic rings. The minimum atomic E-state index is -0.558. The van der Waals surface area contributed by atoms with Crippen LogP contribution in [0, 0.1) is 0 Å². The van der Waals surface area contributed by atoms with Gasteiger partial charge in [-0.15, -0.1) is 0 Å². The lowest BCUT2D eigenvalue weighted by molar-refractivity contribution is -0.140. The lowest BCUT2D eigenvalue weighted by atomic mass is 9.70. The summed E-state index contributed by atoms with van der Waals surface area (Å²) >= 11 is 0. The van der Waals surface area contributed by atoms with E-state index in [0.717, 1.165) is 27.9 Å². The monoisotopic (exact) mass is 422 g/mol. The maximum Gasteiger partial charge on any atom is 0.491 e. The molecule has 1 aliphatic heterocycles. The number of esters is 1. The van der Waals surface area contributed by atoms with Crippen molar-refractivity contribution in [1.29, 1.82) is 0 Å². The van der Waals surface area contributed by atoms with Crippen LogP contribution in [0.4, 0.5) is 0 Å². The topological polar surface area (TPSA) is 54.0 Å². The van der Waals surface area contributed by atoms with E-state index in [1.165, 1.54) is 6.92 Å². The normalized spacial score (nSPS) is 17.8. The fourth-order valence-electron chi connectivity index (χ4n) is 3.55. The van der Waals surface area contributed by atoms with Crippen molar-refractivity contribution in [3.63, 3.8) is 0 Å². The number of carbonyl (C=O) groups is 1. The third-order valence-corrected chi connectivity index (χ3v) is 5.98. The Hall–Kier alpha value is -2.57. The van der Waals surface area contributed by atoms with E-state index in [2.05, 4.69) is 12.1 Å². The first-order valence-corrected chi connectivity index (χ1v) is 10.6. The lowest BCUT2D eigenvalue weighted by Gasteiger charge is -2.32. The van der Waals surface area contributed by atoms with Crippen LogP contribution in [0.2, 0.25) is 0 Å². The second-order valence-corrected chi connectivity index (χ2v) is 8.67. The number of methoxy groups -OCH3 is 1. The Balaban J connectivity index is 2.15. The average Bonchev–Trinajstić information content (AvgIpc) is 2.95. The quantitative estimate of drug-likeness (QED) is 0.460. The largest absolute Gasteiger partial charge is 0.497 e. The van der Waals surface area contributed by atoms with E-state index < -0.39 is 18.3 Å². The standard InChI is InChI=1S/C25H31BO5/c1-18(27)29-17-16-22(26-30-24(2,3)25(4,5)31-26)23(19-10-8-7-9-11-19)20-12-14-21(28-6)15-13-20/h7-15H,16-17H2,1-6H3/b23-22+. The molecule has 1 fully saturated rings. The van der Waals surface area contributed by atoms with Crippen molar-refractivity contribution >= 4 is 18.7 Å². The summed E-state index contributed by atoms with van der Waals surface area (Å²) in [6.45, 7) is 9.80. The number of benzene rings is 2. The Kier molecular flexibility index (Phi) is 6.92. The van der Waals surface area contributed by atoms with Crippen molar-refractivity contribution in [2.24, 2.45) is 0 Å². The molecule has 3 rings (SSSR count). The van der Waals surface area contributed by atoms with Crippen molar-refractivity contribution in [1.82, 2.24) is 0 Å². The highest BCUT2D eigenvalue weighted by atomic mass is 16.7. The molecule has 0 saturated carbocycles. The average molecular weight is 422 g/mol. The SMILES string of the molecule is COc1ccc(/C(=C(\CCOC(C)=O)B2OC(C)(C)C(C)(C)O2)c2ccccc2)cc1. The molecule has 1 saturated heterocycles. The van der Waals surface area contributed by atoms with Crippen LogP contribution in [0.3, 0.4) is 0 Å². The van der Waals surface area contributed by atoms with Crippen molar-refractivity contribution in [2.75, 3.05) is 13.7 Å². The van der Waals surface area contributed by atoms with Gasteiger partial charge in [-0.1, -0.05) is 42.5 Å². The van der Waals surface area contributed by atoms with E-state index in [-0.39, 0.29) is 12.6 Å². The van der Waals surface area contributed by atoms with Gasteiger partial charge in [0.25, 0.3) is 0 Å². The molecule has 0 atom stereocenters. The van der Waals surface area contributed by atoms with Crippen LogP contribution in [0.5, 0.6) is 5.75 Å². The van der Waals surface area contributed by atoms with Gasteiger partial charge >= 0.3 is 13.1 Å². The highest BCUT2D eigenvalue weighted by molar-refractivity contribution is 6.56. The summed E-state index contributed by atoms with van der Waals surface area (Å²) in [6, 6.07) is 18.1.